The van der Waals surface area contributed by atoms with E-state index < -0.39 is 7.14 Å². The van der Waals surface area contributed by atoms with E-state index in [9.17, 15) is 18.9 Å². The number of rotatable bonds is 52. The summed E-state index contributed by atoms with van der Waals surface area (Å²) < 4.78 is 14.6. The van der Waals surface area contributed by atoms with E-state index in [2.05, 4.69) is 68.8 Å². The van der Waals surface area contributed by atoms with Crippen LogP contribution >= 0.6 is 7.14 Å². The van der Waals surface area contributed by atoms with Gasteiger partial charge >= 0.3 is 0 Å². The highest BCUT2D eigenvalue weighted by Gasteiger charge is 2.26. The third kappa shape index (κ3) is 45.7. The first-order valence-corrected chi connectivity index (χ1v) is 32.0. The molecule has 0 atom stereocenters. The molecule has 0 aliphatic heterocycles. The Hall–Kier alpha value is -2.68. The number of hydrogen-bond donors (Lipinski definition) is 4. The van der Waals surface area contributed by atoms with E-state index >= 15 is 0 Å². The van der Waals surface area contributed by atoms with E-state index in [4.69, 9.17) is 6.57 Å². The van der Waals surface area contributed by atoms with Crippen molar-refractivity contribution in [2.24, 2.45) is 4.99 Å². The molecule has 0 radical (unpaired) electrons. The second kappa shape index (κ2) is 50.8. The van der Waals surface area contributed by atoms with Crippen LogP contribution in [0.3, 0.4) is 0 Å². The largest absolute Gasteiger partial charge is 0.356 e. The van der Waals surface area contributed by atoms with Crippen LogP contribution in [0.4, 0.5) is 0 Å². The number of aliphatic imine (C=N–C) groups is 1. The first-order valence-electron chi connectivity index (χ1n) is 29.7. The fourth-order valence-corrected chi connectivity index (χ4v) is 11.5. The minimum Gasteiger partial charge on any atom is -0.356 e. The van der Waals surface area contributed by atoms with Gasteiger partial charge in [0, 0.05) is 91.1 Å². The smallest absolute Gasteiger partial charge is 0.264 e. The van der Waals surface area contributed by atoms with Crippen molar-refractivity contribution in [3.63, 3.8) is 0 Å². The summed E-state index contributed by atoms with van der Waals surface area (Å²) in [7, 11) is 0.615. The number of guanidine groups is 1. The highest BCUT2D eigenvalue weighted by Crippen LogP contribution is 2.47. The number of hydrogen-bond acceptors (Lipinski definition) is 7. The summed E-state index contributed by atoms with van der Waals surface area (Å²) in [6.07, 6.45) is 38.2. The highest BCUT2D eigenvalue weighted by atomic mass is 31.2. The lowest BCUT2D eigenvalue weighted by Crippen LogP contribution is -2.36. The zero-order valence-electron chi connectivity index (χ0n) is 47.3. The van der Waals surface area contributed by atoms with Crippen LogP contribution in [0, 0.1) is 6.57 Å². The van der Waals surface area contributed by atoms with Gasteiger partial charge in [0.15, 0.2) is 0 Å². The molecule has 0 heterocycles. The summed E-state index contributed by atoms with van der Waals surface area (Å²) in [4.78, 5) is 54.1. The van der Waals surface area contributed by atoms with Gasteiger partial charge in [0.2, 0.25) is 17.7 Å². The zero-order chi connectivity index (χ0) is 52.3. The lowest BCUT2D eigenvalue weighted by Gasteiger charge is -2.23. The van der Waals surface area contributed by atoms with E-state index in [1.54, 1.807) is 4.90 Å². The van der Waals surface area contributed by atoms with Gasteiger partial charge in [0.25, 0.3) is 5.96 Å². The Kier molecular flexibility index (Phi) is 48.9. The van der Waals surface area contributed by atoms with Gasteiger partial charge in [-0.25, -0.2) is 4.99 Å². The number of unbranched alkanes of at least 4 members (excludes halogenated alkanes) is 25. The predicted molar refractivity (Wildman–Crippen MR) is 305 cm³/mol. The minimum atomic E-state index is -3.03. The summed E-state index contributed by atoms with van der Waals surface area (Å²) in [5.41, 5.74) is 2.56. The molecular weight excluding hydrogens is 906 g/mol. The summed E-state index contributed by atoms with van der Waals surface area (Å²) in [6.45, 7) is 24.1. The Morgan fingerprint density at radius 3 is 1.06 bits per heavy atom. The van der Waals surface area contributed by atoms with Gasteiger partial charge in [-0.2, -0.15) is 11.5 Å². The SMILES string of the molecule is [C-]#[N+]NC(=NCCCCNC(=O)CCP(=O)(CCC(=O)NCCN(CCCCCCCCC)CCCCCCCCC)CCC(=O)NCCN(CCCCCCCCC)CCCCCCCCC)N(C)C. The average Bonchev–Trinajstić information content (AvgIpc) is 3.35. The first-order chi connectivity index (χ1) is 34.5. The Bertz CT molecular complexity index is 1280. The molecule has 0 saturated carbocycles. The minimum absolute atomic E-state index is 0.0940. The fraction of sp³-hybridized carbons (Fsp3) is 0.912. The maximum Gasteiger partial charge on any atom is 0.264 e. The molecule has 0 unspecified atom stereocenters. The van der Waals surface area contributed by atoms with Crippen LogP contribution < -0.4 is 21.4 Å². The molecule has 416 valence electrons. The van der Waals surface area contributed by atoms with Crippen molar-refractivity contribution in [1.29, 1.82) is 0 Å². The van der Waals surface area contributed by atoms with Crippen molar-refractivity contribution in [1.82, 2.24) is 36.1 Å². The van der Waals surface area contributed by atoms with Crippen LogP contribution in [0.2, 0.25) is 0 Å². The monoisotopic (exact) mass is 1020 g/mol. The normalized spacial score (nSPS) is 11.8. The van der Waals surface area contributed by atoms with Crippen molar-refractivity contribution in [3.8, 4) is 0 Å². The predicted octanol–water partition coefficient (Wildman–Crippen LogP) is 12.6. The van der Waals surface area contributed by atoms with Crippen LogP contribution in [-0.4, -0.2) is 136 Å². The lowest BCUT2D eigenvalue weighted by atomic mass is 10.1. The first kappa shape index (κ1) is 68.3. The molecular formula is C57H114N9O4P. The quantitative estimate of drug-likeness (QED) is 0.0118. The van der Waals surface area contributed by atoms with Crippen molar-refractivity contribution in [2.75, 3.05) is 98.0 Å². The third-order valence-electron chi connectivity index (χ3n) is 13.8. The van der Waals surface area contributed by atoms with E-state index in [1.165, 1.54) is 180 Å². The molecule has 0 aromatic rings. The number of nitrogens with zero attached hydrogens (tertiary/aromatic N) is 5. The standard InChI is InChI=1S/C57H114N9O4P/c1-8-12-16-20-24-28-34-45-65(46-35-29-25-21-17-13-9-2)49-43-60-55(68)39-52-71(70,51-38-54(67)59-41-32-33-42-62-57(63-58-5)64(6)7)53-40-56(69)61-44-50-66(47-36-30-26-22-18-14-10-3)48-37-31-27-23-19-15-11-4/h8-53H2,1-4,6-7H3,(H,59,67)(H,60,68)(H,61,69)(H,62,63). The maximum atomic E-state index is 14.6. The molecule has 0 rings (SSSR count). The Balaban J connectivity index is 5.45. The van der Waals surface area contributed by atoms with Crippen molar-refractivity contribution < 1.29 is 18.9 Å². The number of carbonyl (C=O) groups excluding carboxylic acids is 3. The van der Waals surface area contributed by atoms with Gasteiger partial charge < -0.3 is 35.2 Å². The van der Waals surface area contributed by atoms with Gasteiger partial charge in [-0.15, -0.1) is 0 Å². The summed E-state index contributed by atoms with van der Waals surface area (Å²) in [5, 5.41) is 9.23. The third-order valence-corrected chi connectivity index (χ3v) is 16.9. The number of amides is 3. The fourth-order valence-electron chi connectivity index (χ4n) is 9.04. The topological polar surface area (TPSA) is 143 Å². The van der Waals surface area contributed by atoms with E-state index in [-0.39, 0.29) is 55.5 Å². The highest BCUT2D eigenvalue weighted by molar-refractivity contribution is 7.64. The molecule has 0 aliphatic rings. The molecule has 0 aromatic carbocycles. The molecule has 0 fully saturated rings. The van der Waals surface area contributed by atoms with Gasteiger partial charge in [-0.1, -0.05) is 187 Å². The van der Waals surface area contributed by atoms with Crippen LogP contribution in [0.1, 0.15) is 240 Å². The number of carbonyl (C=O) groups is 3. The van der Waals surface area contributed by atoms with Crippen LogP contribution in [0.15, 0.2) is 4.99 Å². The summed E-state index contributed by atoms with van der Waals surface area (Å²) in [6, 6.07) is 0. The van der Waals surface area contributed by atoms with Crippen molar-refractivity contribution >= 4 is 30.8 Å². The van der Waals surface area contributed by atoms with E-state index in [0.717, 1.165) is 52.1 Å². The van der Waals surface area contributed by atoms with Gasteiger partial charge in [0.05, 0.1) is 7.14 Å². The molecule has 4 N–H and O–H groups in total. The molecule has 0 saturated heterocycles. The lowest BCUT2D eigenvalue weighted by molar-refractivity contribution is -0.121. The Morgan fingerprint density at radius 2 is 0.746 bits per heavy atom. The molecule has 3 amide bonds. The Labute approximate surface area is 438 Å². The zero-order valence-corrected chi connectivity index (χ0v) is 48.2. The molecule has 71 heavy (non-hydrogen) atoms. The number of nitrogens with one attached hydrogen (secondary N) is 4. The molecule has 13 nitrogen and oxygen atoms in total. The Morgan fingerprint density at radius 1 is 0.437 bits per heavy atom. The molecule has 0 bridgehead atoms. The van der Waals surface area contributed by atoms with E-state index in [0.29, 0.717) is 32.1 Å². The second-order valence-electron chi connectivity index (χ2n) is 20.7. The van der Waals surface area contributed by atoms with Crippen molar-refractivity contribution in [3.05, 3.63) is 11.5 Å². The molecule has 14 heteroatoms. The molecule has 0 aromatic heterocycles. The van der Waals surface area contributed by atoms with E-state index in [1.807, 2.05) is 14.1 Å². The summed E-state index contributed by atoms with van der Waals surface area (Å²) >= 11 is 0. The maximum absolute atomic E-state index is 14.6. The van der Waals surface area contributed by atoms with Gasteiger partial charge in [0.1, 0.15) is 0 Å². The van der Waals surface area contributed by atoms with Crippen molar-refractivity contribution in [2.45, 2.75) is 240 Å². The van der Waals surface area contributed by atoms with Crippen LogP contribution in [-0.2, 0) is 18.9 Å². The van der Waals surface area contributed by atoms with Gasteiger partial charge in [-0.05, 0) is 64.7 Å². The second-order valence-corrected chi connectivity index (χ2v) is 24.2. The van der Waals surface area contributed by atoms with Crippen LogP contribution in [0.25, 0.3) is 4.95 Å². The average molecular weight is 1020 g/mol. The summed E-state index contributed by atoms with van der Waals surface area (Å²) in [5.74, 6) is 0.107. The molecule has 0 aliphatic carbocycles. The van der Waals surface area contributed by atoms with Gasteiger partial charge in [-0.3, -0.25) is 14.4 Å². The van der Waals surface area contributed by atoms with Crippen LogP contribution in [0.5, 0.6) is 0 Å². The molecule has 0 spiro atoms.